The Kier molecular flexibility index (Phi) is 2.86. The van der Waals surface area contributed by atoms with Crippen LogP contribution >= 0.6 is 0 Å². The highest BCUT2D eigenvalue weighted by atomic mass is 16.5. The lowest BCUT2D eigenvalue weighted by molar-refractivity contribution is 0.227. The maximum absolute atomic E-state index is 5.71. The number of aryl methyl sites for hydroxylation is 1. The molecule has 1 aliphatic heterocycles. The van der Waals surface area contributed by atoms with E-state index in [0.717, 1.165) is 36.9 Å². The number of hydrogen-bond acceptors (Lipinski definition) is 4. The molecular formula is C11H17N3O. The lowest BCUT2D eigenvalue weighted by atomic mass is 10.1. The summed E-state index contributed by atoms with van der Waals surface area (Å²) in [7, 11) is 0. The molecule has 0 spiro atoms. The Morgan fingerprint density at radius 2 is 2.13 bits per heavy atom. The van der Waals surface area contributed by atoms with E-state index in [1.807, 2.05) is 20.8 Å². The normalized spacial score (nSPS) is 15.2. The molecule has 0 aliphatic carbocycles. The summed E-state index contributed by atoms with van der Waals surface area (Å²) in [5, 5.41) is 3.30. The summed E-state index contributed by atoms with van der Waals surface area (Å²) in [6.45, 7) is 7.75. The van der Waals surface area contributed by atoms with Crippen LogP contribution in [0.1, 0.15) is 30.9 Å². The zero-order valence-corrected chi connectivity index (χ0v) is 9.50. The van der Waals surface area contributed by atoms with Crippen LogP contribution in [0, 0.1) is 6.92 Å². The zero-order chi connectivity index (χ0) is 10.8. The summed E-state index contributed by atoms with van der Waals surface area (Å²) in [6.07, 6.45) is 1.12. The first-order valence-corrected chi connectivity index (χ1v) is 5.40. The SMILES string of the molecule is Cc1nc2c(c(OC(C)C)n1)CCNC2. The fourth-order valence-corrected chi connectivity index (χ4v) is 1.76. The largest absolute Gasteiger partial charge is 0.475 e. The van der Waals surface area contributed by atoms with Gasteiger partial charge in [-0.25, -0.2) is 4.98 Å². The van der Waals surface area contributed by atoms with Gasteiger partial charge in [-0.3, -0.25) is 0 Å². The predicted octanol–water partition coefficient (Wildman–Crippen LogP) is 1.22. The molecule has 0 atom stereocenters. The molecule has 15 heavy (non-hydrogen) atoms. The van der Waals surface area contributed by atoms with E-state index in [4.69, 9.17) is 4.74 Å². The maximum atomic E-state index is 5.71. The molecule has 0 saturated carbocycles. The highest BCUT2D eigenvalue weighted by molar-refractivity contribution is 5.33. The Morgan fingerprint density at radius 1 is 1.33 bits per heavy atom. The number of nitrogens with one attached hydrogen (secondary N) is 1. The first kappa shape index (κ1) is 10.4. The summed E-state index contributed by atoms with van der Waals surface area (Å²) in [6, 6.07) is 0. The summed E-state index contributed by atoms with van der Waals surface area (Å²) in [5.74, 6) is 1.56. The van der Waals surface area contributed by atoms with Crippen molar-refractivity contribution in [3.8, 4) is 5.88 Å². The van der Waals surface area contributed by atoms with Crippen LogP contribution in [0.5, 0.6) is 5.88 Å². The van der Waals surface area contributed by atoms with E-state index in [1.54, 1.807) is 0 Å². The van der Waals surface area contributed by atoms with Crippen LogP contribution in [0.4, 0.5) is 0 Å². The summed E-state index contributed by atoms with van der Waals surface area (Å²) in [4.78, 5) is 8.79. The van der Waals surface area contributed by atoms with E-state index in [9.17, 15) is 0 Å². The molecule has 4 nitrogen and oxygen atoms in total. The summed E-state index contributed by atoms with van der Waals surface area (Å²) < 4.78 is 5.71. The Bertz CT molecular complexity index is 363. The molecule has 0 saturated heterocycles. The lowest BCUT2D eigenvalue weighted by Gasteiger charge is -2.20. The van der Waals surface area contributed by atoms with Gasteiger partial charge in [0.15, 0.2) is 0 Å². The van der Waals surface area contributed by atoms with Crippen molar-refractivity contribution in [2.75, 3.05) is 6.54 Å². The summed E-state index contributed by atoms with van der Waals surface area (Å²) >= 11 is 0. The number of aromatic nitrogens is 2. The van der Waals surface area contributed by atoms with Crippen molar-refractivity contribution >= 4 is 0 Å². The third-order valence-corrected chi connectivity index (χ3v) is 2.36. The lowest BCUT2D eigenvalue weighted by Crippen LogP contribution is -2.26. The Labute approximate surface area is 90.1 Å². The molecule has 1 N–H and O–H groups in total. The average Bonchev–Trinajstić information content (AvgIpc) is 2.16. The molecular weight excluding hydrogens is 190 g/mol. The van der Waals surface area contributed by atoms with Gasteiger partial charge in [0.1, 0.15) is 5.82 Å². The van der Waals surface area contributed by atoms with E-state index in [1.165, 1.54) is 5.56 Å². The molecule has 0 bridgehead atoms. The van der Waals surface area contributed by atoms with E-state index >= 15 is 0 Å². The Hall–Kier alpha value is -1.16. The number of rotatable bonds is 2. The highest BCUT2D eigenvalue weighted by Gasteiger charge is 2.17. The van der Waals surface area contributed by atoms with Crippen molar-refractivity contribution in [2.45, 2.75) is 39.8 Å². The molecule has 0 unspecified atom stereocenters. The van der Waals surface area contributed by atoms with Crippen LogP contribution < -0.4 is 10.1 Å². The molecule has 1 aliphatic rings. The molecule has 0 radical (unpaired) electrons. The van der Waals surface area contributed by atoms with Gasteiger partial charge in [-0.05, 0) is 33.7 Å². The Balaban J connectivity index is 2.38. The van der Waals surface area contributed by atoms with Crippen LogP contribution in [0.25, 0.3) is 0 Å². The van der Waals surface area contributed by atoms with E-state index in [2.05, 4.69) is 15.3 Å². The maximum Gasteiger partial charge on any atom is 0.220 e. The van der Waals surface area contributed by atoms with Gasteiger partial charge in [0.2, 0.25) is 5.88 Å². The second-order valence-electron chi connectivity index (χ2n) is 4.09. The van der Waals surface area contributed by atoms with Gasteiger partial charge in [0.25, 0.3) is 0 Å². The van der Waals surface area contributed by atoms with Gasteiger partial charge in [-0.15, -0.1) is 0 Å². The number of hydrogen-bond donors (Lipinski definition) is 1. The molecule has 1 aromatic rings. The van der Waals surface area contributed by atoms with Crippen LogP contribution in [-0.2, 0) is 13.0 Å². The zero-order valence-electron chi connectivity index (χ0n) is 9.50. The second kappa shape index (κ2) is 4.14. The molecule has 0 amide bonds. The minimum atomic E-state index is 0.165. The third kappa shape index (κ3) is 2.26. The molecule has 4 heteroatoms. The second-order valence-corrected chi connectivity index (χ2v) is 4.09. The van der Waals surface area contributed by atoms with Crippen molar-refractivity contribution in [3.63, 3.8) is 0 Å². The molecule has 0 aromatic carbocycles. The number of fused-ring (bicyclic) bond motifs is 1. The van der Waals surface area contributed by atoms with Crippen molar-refractivity contribution in [1.82, 2.24) is 15.3 Å². The van der Waals surface area contributed by atoms with Gasteiger partial charge in [0.05, 0.1) is 11.8 Å². The Morgan fingerprint density at radius 3 is 2.87 bits per heavy atom. The fraction of sp³-hybridized carbons (Fsp3) is 0.636. The van der Waals surface area contributed by atoms with Crippen molar-refractivity contribution in [1.29, 1.82) is 0 Å². The third-order valence-electron chi connectivity index (χ3n) is 2.36. The minimum Gasteiger partial charge on any atom is -0.475 e. The molecule has 1 aromatic heterocycles. The van der Waals surface area contributed by atoms with Gasteiger partial charge in [-0.1, -0.05) is 0 Å². The first-order chi connectivity index (χ1) is 7.16. The van der Waals surface area contributed by atoms with Gasteiger partial charge in [-0.2, -0.15) is 4.98 Å². The highest BCUT2D eigenvalue weighted by Crippen LogP contribution is 2.22. The first-order valence-electron chi connectivity index (χ1n) is 5.40. The van der Waals surface area contributed by atoms with Gasteiger partial charge < -0.3 is 10.1 Å². The van der Waals surface area contributed by atoms with Crippen LogP contribution in [0.15, 0.2) is 0 Å². The molecule has 2 heterocycles. The van der Waals surface area contributed by atoms with E-state index < -0.39 is 0 Å². The number of ether oxygens (including phenoxy) is 1. The summed E-state index contributed by atoms with van der Waals surface area (Å²) in [5.41, 5.74) is 2.26. The topological polar surface area (TPSA) is 47.0 Å². The monoisotopic (exact) mass is 207 g/mol. The van der Waals surface area contributed by atoms with Gasteiger partial charge >= 0.3 is 0 Å². The molecule has 2 rings (SSSR count). The molecule has 0 fully saturated rings. The van der Waals surface area contributed by atoms with Crippen LogP contribution in [0.3, 0.4) is 0 Å². The van der Waals surface area contributed by atoms with Gasteiger partial charge in [0, 0.05) is 12.1 Å². The number of nitrogens with zero attached hydrogens (tertiary/aromatic N) is 2. The van der Waals surface area contributed by atoms with Crippen LogP contribution in [0.2, 0.25) is 0 Å². The average molecular weight is 207 g/mol. The molecule has 82 valence electrons. The van der Waals surface area contributed by atoms with Crippen molar-refractivity contribution in [3.05, 3.63) is 17.1 Å². The quantitative estimate of drug-likeness (QED) is 0.792. The fourth-order valence-electron chi connectivity index (χ4n) is 1.76. The van der Waals surface area contributed by atoms with E-state index in [-0.39, 0.29) is 6.10 Å². The van der Waals surface area contributed by atoms with Crippen LogP contribution in [-0.4, -0.2) is 22.6 Å². The minimum absolute atomic E-state index is 0.165. The predicted molar refractivity (Wildman–Crippen MR) is 57.9 cm³/mol. The smallest absolute Gasteiger partial charge is 0.220 e. The van der Waals surface area contributed by atoms with Crippen molar-refractivity contribution < 1.29 is 4.74 Å². The van der Waals surface area contributed by atoms with E-state index in [0.29, 0.717) is 0 Å². The standard InChI is InChI=1S/C11H17N3O/c1-7(2)15-11-9-4-5-12-6-10(9)13-8(3)14-11/h7,12H,4-6H2,1-3H3. The van der Waals surface area contributed by atoms with Crippen molar-refractivity contribution in [2.24, 2.45) is 0 Å².